The largest absolute Gasteiger partial charge is 0.372 e. The molecule has 2 atom stereocenters. The molecule has 4 rings (SSSR count). The molecule has 0 spiro atoms. The van der Waals surface area contributed by atoms with Crippen LogP contribution in [-0.4, -0.2) is 40.0 Å². The number of piperidine rings is 1. The van der Waals surface area contributed by atoms with E-state index >= 15 is 0 Å². The van der Waals surface area contributed by atoms with Crippen LogP contribution in [0.25, 0.3) is 0 Å². The molecule has 7 nitrogen and oxygen atoms in total. The maximum Gasteiger partial charge on any atom is 0.349 e. The van der Waals surface area contributed by atoms with Crippen LogP contribution in [0.3, 0.4) is 0 Å². The third-order valence-electron chi connectivity index (χ3n) is 5.76. The number of alkyl halides is 2. The molecule has 3 amide bonds. The van der Waals surface area contributed by atoms with Gasteiger partial charge in [-0.2, -0.15) is 8.78 Å². The van der Waals surface area contributed by atoms with Crippen molar-refractivity contribution < 1.29 is 28.3 Å². The van der Waals surface area contributed by atoms with Gasteiger partial charge in [0.25, 0.3) is 11.8 Å². The van der Waals surface area contributed by atoms with Gasteiger partial charge in [-0.15, -0.1) is 0 Å². The first-order valence-corrected chi connectivity index (χ1v) is 10.9. The quantitative estimate of drug-likeness (QED) is 0.591. The zero-order valence-corrected chi connectivity index (χ0v) is 18.6. The summed E-state index contributed by atoms with van der Waals surface area (Å²) in [4.78, 5) is 37.8. The highest BCUT2D eigenvalue weighted by molar-refractivity contribution is 6.42. The topological polar surface area (TPSA) is 98.7 Å². The molecule has 0 bridgehead atoms. The highest BCUT2D eigenvalue weighted by Crippen LogP contribution is 2.33. The third kappa shape index (κ3) is 4.53. The summed E-state index contributed by atoms with van der Waals surface area (Å²) in [5.41, 5.74) is 1.02. The Morgan fingerprint density at radius 1 is 1.18 bits per heavy atom. The second kappa shape index (κ2) is 8.89. The summed E-state index contributed by atoms with van der Waals surface area (Å²) in [6.45, 7) is 0.0201. The van der Waals surface area contributed by atoms with Crippen molar-refractivity contribution in [2.24, 2.45) is 0 Å². The number of benzene rings is 2. The fourth-order valence-corrected chi connectivity index (χ4v) is 4.28. The number of carbonyl (C=O) groups excluding carboxylic acids is 3. The van der Waals surface area contributed by atoms with E-state index in [4.69, 9.17) is 23.2 Å². The van der Waals surface area contributed by atoms with Crippen molar-refractivity contribution in [3.63, 3.8) is 0 Å². The number of nitrogens with one attached hydrogen (secondary N) is 2. The van der Waals surface area contributed by atoms with Crippen molar-refractivity contribution in [2.75, 3.05) is 0 Å². The van der Waals surface area contributed by atoms with E-state index in [0.29, 0.717) is 23.1 Å². The molecule has 2 aliphatic rings. The molecule has 11 heteroatoms. The second-order valence-electron chi connectivity index (χ2n) is 7.93. The van der Waals surface area contributed by atoms with Gasteiger partial charge in [0.05, 0.1) is 16.1 Å². The van der Waals surface area contributed by atoms with Crippen molar-refractivity contribution in [3.8, 4) is 0 Å². The van der Waals surface area contributed by atoms with Gasteiger partial charge in [-0.25, -0.2) is 0 Å². The SMILES string of the molecule is O=C1CCC(N2Cc3cc(CNC(=O)C(F)(F)c4ccc(Cl)c(Cl)c4)ccc3C2=O)C(O)N1. The number of nitrogens with zero attached hydrogens (tertiary/aromatic N) is 1. The summed E-state index contributed by atoms with van der Waals surface area (Å²) in [5.74, 6) is -5.88. The van der Waals surface area contributed by atoms with E-state index in [2.05, 4.69) is 10.6 Å². The Labute approximate surface area is 197 Å². The average Bonchev–Trinajstić information content (AvgIpc) is 3.09. The fourth-order valence-electron chi connectivity index (χ4n) is 3.99. The summed E-state index contributed by atoms with van der Waals surface area (Å²) in [6.07, 6.45) is -0.627. The normalized spacial score (nSPS) is 20.5. The first-order chi connectivity index (χ1) is 15.6. The van der Waals surface area contributed by atoms with Crippen molar-refractivity contribution in [1.82, 2.24) is 15.5 Å². The van der Waals surface area contributed by atoms with E-state index in [0.717, 1.165) is 12.1 Å². The molecule has 174 valence electrons. The molecule has 2 unspecified atom stereocenters. The Bertz CT molecular complexity index is 1140. The lowest BCUT2D eigenvalue weighted by molar-refractivity contribution is -0.147. The summed E-state index contributed by atoms with van der Waals surface area (Å²) in [6, 6.07) is 7.39. The van der Waals surface area contributed by atoms with Crippen LogP contribution in [0.15, 0.2) is 36.4 Å². The summed E-state index contributed by atoms with van der Waals surface area (Å²) in [5, 5.41) is 14.8. The number of hydrogen-bond donors (Lipinski definition) is 3. The van der Waals surface area contributed by atoms with Gasteiger partial charge in [0.2, 0.25) is 5.91 Å². The Morgan fingerprint density at radius 3 is 2.64 bits per heavy atom. The van der Waals surface area contributed by atoms with E-state index in [1.54, 1.807) is 18.2 Å². The first kappa shape index (κ1) is 23.4. The molecule has 33 heavy (non-hydrogen) atoms. The molecule has 0 saturated carbocycles. The highest BCUT2D eigenvalue weighted by atomic mass is 35.5. The van der Waals surface area contributed by atoms with Gasteiger partial charge in [0, 0.05) is 30.6 Å². The number of carbonyl (C=O) groups is 3. The monoisotopic (exact) mass is 497 g/mol. The van der Waals surface area contributed by atoms with Crippen molar-refractivity contribution in [2.45, 2.75) is 44.1 Å². The first-order valence-electron chi connectivity index (χ1n) is 10.1. The molecule has 1 saturated heterocycles. The molecule has 2 aliphatic heterocycles. The predicted octanol–water partition coefficient (Wildman–Crippen LogP) is 2.95. The number of aliphatic hydroxyl groups is 1. The summed E-state index contributed by atoms with van der Waals surface area (Å²) >= 11 is 11.5. The minimum atomic E-state index is -3.82. The maximum atomic E-state index is 14.5. The van der Waals surface area contributed by atoms with Gasteiger partial charge in [0.15, 0.2) is 0 Å². The number of aliphatic hydroxyl groups excluding tert-OH is 1. The number of halogens is 4. The summed E-state index contributed by atoms with van der Waals surface area (Å²) < 4.78 is 29.1. The van der Waals surface area contributed by atoms with Crippen LogP contribution >= 0.6 is 23.2 Å². The minimum absolute atomic E-state index is 0.0860. The molecule has 0 radical (unpaired) electrons. The number of fused-ring (bicyclic) bond motifs is 1. The lowest BCUT2D eigenvalue weighted by Gasteiger charge is -2.35. The highest BCUT2D eigenvalue weighted by Gasteiger charge is 2.41. The van der Waals surface area contributed by atoms with Crippen LogP contribution in [-0.2, 0) is 28.6 Å². The van der Waals surface area contributed by atoms with E-state index < -0.39 is 29.7 Å². The van der Waals surface area contributed by atoms with E-state index in [1.165, 1.54) is 11.0 Å². The maximum absolute atomic E-state index is 14.5. The van der Waals surface area contributed by atoms with Crippen molar-refractivity contribution in [1.29, 1.82) is 0 Å². The van der Waals surface area contributed by atoms with Crippen molar-refractivity contribution >= 4 is 40.9 Å². The van der Waals surface area contributed by atoms with Gasteiger partial charge in [-0.1, -0.05) is 41.4 Å². The Morgan fingerprint density at radius 2 is 1.94 bits per heavy atom. The number of hydrogen-bond acceptors (Lipinski definition) is 4. The lowest BCUT2D eigenvalue weighted by atomic mass is 10.0. The van der Waals surface area contributed by atoms with Crippen LogP contribution in [0.4, 0.5) is 8.78 Å². The molecular weight excluding hydrogens is 479 g/mol. The van der Waals surface area contributed by atoms with Gasteiger partial charge >= 0.3 is 5.92 Å². The van der Waals surface area contributed by atoms with Crippen molar-refractivity contribution in [3.05, 3.63) is 68.7 Å². The zero-order valence-electron chi connectivity index (χ0n) is 17.1. The minimum Gasteiger partial charge on any atom is -0.372 e. The third-order valence-corrected chi connectivity index (χ3v) is 6.50. The van der Waals surface area contributed by atoms with E-state index in [1.807, 2.05) is 0 Å². The van der Waals surface area contributed by atoms with Gasteiger partial charge in [-0.05, 0) is 35.7 Å². The smallest absolute Gasteiger partial charge is 0.349 e. The predicted molar refractivity (Wildman–Crippen MR) is 116 cm³/mol. The average molecular weight is 498 g/mol. The standard InChI is InChI=1S/C22H19Cl2F2N3O4/c23-15-4-2-13(8-16(15)24)22(25,26)21(33)27-9-11-1-3-14-12(7-11)10-29(20(14)32)17-5-6-18(30)28-19(17)31/h1-4,7-8,17,19,31H,5-6,9-10H2,(H,27,33)(H,28,30). The molecule has 2 aromatic carbocycles. The molecule has 2 heterocycles. The number of rotatable bonds is 5. The van der Waals surface area contributed by atoms with Gasteiger partial charge < -0.3 is 20.6 Å². The fraction of sp³-hybridized carbons (Fsp3) is 0.318. The Balaban J connectivity index is 1.43. The van der Waals surface area contributed by atoms with Crippen LogP contribution in [0.1, 0.15) is 39.9 Å². The molecular formula is C22H19Cl2F2N3O4. The van der Waals surface area contributed by atoms with Crippen LogP contribution in [0, 0.1) is 0 Å². The van der Waals surface area contributed by atoms with Crippen LogP contribution in [0.2, 0.25) is 10.0 Å². The molecule has 0 aromatic heterocycles. The molecule has 3 N–H and O–H groups in total. The second-order valence-corrected chi connectivity index (χ2v) is 8.74. The Hall–Kier alpha value is -2.75. The van der Waals surface area contributed by atoms with Crippen LogP contribution in [0.5, 0.6) is 0 Å². The van der Waals surface area contributed by atoms with Gasteiger partial charge in [0.1, 0.15) is 6.23 Å². The van der Waals surface area contributed by atoms with Gasteiger partial charge in [-0.3, -0.25) is 14.4 Å². The van der Waals surface area contributed by atoms with E-state index in [9.17, 15) is 28.3 Å². The zero-order chi connectivity index (χ0) is 23.9. The number of amides is 3. The van der Waals surface area contributed by atoms with Crippen LogP contribution < -0.4 is 10.6 Å². The molecule has 1 fully saturated rings. The Kier molecular flexibility index (Phi) is 6.30. The molecule has 0 aliphatic carbocycles. The molecule has 2 aromatic rings. The summed E-state index contributed by atoms with van der Waals surface area (Å²) in [7, 11) is 0. The lowest BCUT2D eigenvalue weighted by Crippen LogP contribution is -2.55. The van der Waals surface area contributed by atoms with E-state index in [-0.39, 0.29) is 41.4 Å².